The van der Waals surface area contributed by atoms with Gasteiger partial charge >= 0.3 is 0 Å². The summed E-state index contributed by atoms with van der Waals surface area (Å²) in [6, 6.07) is 22.0. The van der Waals surface area contributed by atoms with Crippen LogP contribution in [0, 0.1) is 5.92 Å². The summed E-state index contributed by atoms with van der Waals surface area (Å²) in [5, 5.41) is 8.60. The molecular formula is C28H26Cl2N4O2. The number of carbonyl (C=O) groups excluding carboxylic acids is 2. The molecule has 8 heteroatoms. The van der Waals surface area contributed by atoms with Gasteiger partial charge in [0.2, 0.25) is 0 Å². The molecule has 0 fully saturated rings. The number of hydrazone groups is 1. The number of amides is 2. The maximum atomic E-state index is 12.9. The zero-order valence-corrected chi connectivity index (χ0v) is 21.4. The summed E-state index contributed by atoms with van der Waals surface area (Å²) in [6.45, 7) is 4.40. The molecule has 0 radical (unpaired) electrons. The molecule has 3 aromatic carbocycles. The van der Waals surface area contributed by atoms with E-state index in [0.29, 0.717) is 5.02 Å². The first-order chi connectivity index (χ1) is 17.3. The number of halogens is 2. The van der Waals surface area contributed by atoms with Crippen LogP contribution >= 0.6 is 23.2 Å². The maximum Gasteiger partial charge on any atom is 0.262 e. The van der Waals surface area contributed by atoms with E-state index in [2.05, 4.69) is 38.6 Å². The lowest BCUT2D eigenvalue weighted by atomic mass is 10.0. The zero-order valence-electron chi connectivity index (χ0n) is 19.9. The molecule has 0 saturated heterocycles. The summed E-state index contributed by atoms with van der Waals surface area (Å²) >= 11 is 12.1. The zero-order chi connectivity index (χ0) is 25.7. The second-order valence-corrected chi connectivity index (χ2v) is 9.61. The molecule has 184 valence electrons. The van der Waals surface area contributed by atoms with Crippen molar-refractivity contribution in [3.05, 3.63) is 106 Å². The number of carbonyl (C=O) groups is 2. The topological polar surface area (TPSA) is 75.5 Å². The summed E-state index contributed by atoms with van der Waals surface area (Å²) < 4.78 is 2.15. The van der Waals surface area contributed by atoms with Crippen molar-refractivity contribution >= 4 is 52.1 Å². The van der Waals surface area contributed by atoms with E-state index in [1.165, 1.54) is 17.7 Å². The second kappa shape index (κ2) is 11.4. The minimum Gasteiger partial charge on any atom is -0.342 e. The number of nitrogens with one attached hydrogen (secondary N) is 2. The Morgan fingerprint density at radius 3 is 2.44 bits per heavy atom. The minimum absolute atomic E-state index is 0.178. The third-order valence-corrected chi connectivity index (χ3v) is 6.35. The van der Waals surface area contributed by atoms with E-state index in [0.717, 1.165) is 23.0 Å². The van der Waals surface area contributed by atoms with Gasteiger partial charge in [-0.3, -0.25) is 9.59 Å². The van der Waals surface area contributed by atoms with Crippen LogP contribution in [0.2, 0.25) is 10.0 Å². The first-order valence-corrected chi connectivity index (χ1v) is 12.3. The van der Waals surface area contributed by atoms with Gasteiger partial charge in [-0.2, -0.15) is 5.10 Å². The highest BCUT2D eigenvalue weighted by Gasteiger charge is 2.25. The maximum absolute atomic E-state index is 12.9. The molecule has 4 aromatic rings. The second-order valence-electron chi connectivity index (χ2n) is 8.77. The first kappa shape index (κ1) is 25.5. The number of fused-ring (bicyclic) bond motifs is 1. The summed E-state index contributed by atoms with van der Waals surface area (Å²) in [6.07, 6.45) is 3.63. The number of benzene rings is 3. The van der Waals surface area contributed by atoms with Crippen LogP contribution in [0.3, 0.4) is 0 Å². The van der Waals surface area contributed by atoms with Crippen molar-refractivity contribution in [2.75, 3.05) is 0 Å². The molecule has 2 amide bonds. The SMILES string of the molecule is CC(C)C(NC(=O)c1ccc(Cl)cc1Cl)C(=O)NN=Cc1cn(Cc2ccccc2)c2ccccc12. The highest BCUT2D eigenvalue weighted by molar-refractivity contribution is 6.36. The molecule has 2 N–H and O–H groups in total. The van der Waals surface area contributed by atoms with Crippen molar-refractivity contribution < 1.29 is 9.59 Å². The number of nitrogens with zero attached hydrogens (tertiary/aromatic N) is 2. The van der Waals surface area contributed by atoms with Gasteiger partial charge in [0.05, 0.1) is 16.8 Å². The highest BCUT2D eigenvalue weighted by Crippen LogP contribution is 2.22. The van der Waals surface area contributed by atoms with E-state index in [9.17, 15) is 9.59 Å². The molecule has 6 nitrogen and oxygen atoms in total. The molecular weight excluding hydrogens is 495 g/mol. The Morgan fingerprint density at radius 2 is 1.72 bits per heavy atom. The third kappa shape index (κ3) is 5.96. The van der Waals surface area contributed by atoms with Crippen LogP contribution in [0.4, 0.5) is 0 Å². The van der Waals surface area contributed by atoms with Crippen molar-refractivity contribution in [2.24, 2.45) is 11.0 Å². The van der Waals surface area contributed by atoms with E-state index in [4.69, 9.17) is 23.2 Å². The smallest absolute Gasteiger partial charge is 0.262 e. The van der Waals surface area contributed by atoms with E-state index < -0.39 is 17.9 Å². The van der Waals surface area contributed by atoms with Gasteiger partial charge in [-0.1, -0.05) is 85.6 Å². The predicted molar refractivity (Wildman–Crippen MR) is 146 cm³/mol. The number of hydrogen-bond donors (Lipinski definition) is 2. The Hall–Kier alpha value is -3.61. The summed E-state index contributed by atoms with van der Waals surface area (Å²) in [5.74, 6) is -1.06. The Labute approximate surface area is 219 Å². The van der Waals surface area contributed by atoms with Crippen molar-refractivity contribution in [1.29, 1.82) is 0 Å². The average molecular weight is 521 g/mol. The lowest BCUT2D eigenvalue weighted by molar-refractivity contribution is -0.123. The van der Waals surface area contributed by atoms with Gasteiger partial charge in [0.25, 0.3) is 11.8 Å². The quantitative estimate of drug-likeness (QED) is 0.224. The average Bonchev–Trinajstić information content (AvgIpc) is 3.20. The van der Waals surface area contributed by atoms with E-state index in [1.807, 2.05) is 56.4 Å². The summed E-state index contributed by atoms with van der Waals surface area (Å²) in [7, 11) is 0. The third-order valence-electron chi connectivity index (χ3n) is 5.81. The molecule has 1 heterocycles. The molecule has 1 unspecified atom stereocenters. The molecule has 36 heavy (non-hydrogen) atoms. The summed E-state index contributed by atoms with van der Waals surface area (Å²) in [4.78, 5) is 25.6. The fourth-order valence-electron chi connectivity index (χ4n) is 3.95. The number of rotatable bonds is 8. The Morgan fingerprint density at radius 1 is 1.00 bits per heavy atom. The van der Waals surface area contributed by atoms with Gasteiger partial charge in [-0.25, -0.2) is 5.43 Å². The molecule has 1 atom stereocenters. The fraction of sp³-hybridized carbons (Fsp3) is 0.179. The largest absolute Gasteiger partial charge is 0.342 e. The monoisotopic (exact) mass is 520 g/mol. The molecule has 1 aromatic heterocycles. The molecule has 0 bridgehead atoms. The van der Waals surface area contributed by atoms with Gasteiger partial charge in [0.15, 0.2) is 0 Å². The van der Waals surface area contributed by atoms with E-state index >= 15 is 0 Å². The van der Waals surface area contributed by atoms with Crippen molar-refractivity contribution in [3.63, 3.8) is 0 Å². The van der Waals surface area contributed by atoms with Crippen LogP contribution in [-0.2, 0) is 11.3 Å². The van der Waals surface area contributed by atoms with Gasteiger partial charge in [0.1, 0.15) is 6.04 Å². The molecule has 0 spiro atoms. The fourth-order valence-corrected chi connectivity index (χ4v) is 4.45. The predicted octanol–water partition coefficient (Wildman–Crippen LogP) is 5.90. The Kier molecular flexibility index (Phi) is 8.08. The minimum atomic E-state index is -0.805. The first-order valence-electron chi connectivity index (χ1n) is 11.5. The van der Waals surface area contributed by atoms with Crippen LogP contribution in [0.25, 0.3) is 10.9 Å². The molecule has 0 aliphatic carbocycles. The Bertz CT molecular complexity index is 1410. The van der Waals surface area contributed by atoms with Gasteiger partial charge in [-0.15, -0.1) is 0 Å². The van der Waals surface area contributed by atoms with Crippen molar-refractivity contribution in [2.45, 2.75) is 26.4 Å². The molecule has 4 rings (SSSR count). The van der Waals surface area contributed by atoms with Gasteiger partial charge < -0.3 is 9.88 Å². The van der Waals surface area contributed by atoms with Gasteiger partial charge in [0, 0.05) is 34.2 Å². The lowest BCUT2D eigenvalue weighted by Crippen LogP contribution is -2.48. The molecule has 0 saturated carbocycles. The Balaban J connectivity index is 1.48. The van der Waals surface area contributed by atoms with Crippen LogP contribution in [0.1, 0.15) is 35.3 Å². The number of hydrogen-bond acceptors (Lipinski definition) is 3. The normalized spacial score (nSPS) is 12.2. The van der Waals surface area contributed by atoms with E-state index in [-0.39, 0.29) is 16.5 Å². The summed E-state index contributed by atoms with van der Waals surface area (Å²) in [5.41, 5.74) is 5.95. The van der Waals surface area contributed by atoms with Gasteiger partial charge in [-0.05, 0) is 35.7 Å². The molecule has 0 aliphatic heterocycles. The molecule has 0 aliphatic rings. The van der Waals surface area contributed by atoms with Crippen LogP contribution in [-0.4, -0.2) is 28.6 Å². The van der Waals surface area contributed by atoms with E-state index in [1.54, 1.807) is 12.3 Å². The van der Waals surface area contributed by atoms with Crippen molar-refractivity contribution in [3.8, 4) is 0 Å². The highest BCUT2D eigenvalue weighted by atomic mass is 35.5. The number of aromatic nitrogens is 1. The van der Waals surface area contributed by atoms with Crippen LogP contribution < -0.4 is 10.7 Å². The standard InChI is InChI=1S/C28H26Cl2N4O2/c1-18(2)26(32-27(35)23-13-12-21(29)14-24(23)30)28(36)33-31-15-20-17-34(16-19-8-4-3-5-9-19)25-11-7-6-10-22(20)25/h3-15,17-18,26H,16H2,1-2H3,(H,32,35)(H,33,36). The van der Waals surface area contributed by atoms with Crippen molar-refractivity contribution in [1.82, 2.24) is 15.3 Å². The number of para-hydroxylation sites is 1. The lowest BCUT2D eigenvalue weighted by Gasteiger charge is -2.20. The van der Waals surface area contributed by atoms with Crippen LogP contribution in [0.5, 0.6) is 0 Å². The van der Waals surface area contributed by atoms with Crippen LogP contribution in [0.15, 0.2) is 84.1 Å².